The van der Waals surface area contributed by atoms with Crippen molar-refractivity contribution in [3.05, 3.63) is 41.0 Å². The van der Waals surface area contributed by atoms with Gasteiger partial charge in [0.25, 0.3) is 5.79 Å². The van der Waals surface area contributed by atoms with E-state index in [0.717, 1.165) is 42.9 Å². The topological polar surface area (TPSA) is 86.5 Å². The molecule has 3 N–H and O–H groups in total. The van der Waals surface area contributed by atoms with Crippen molar-refractivity contribution in [3.8, 4) is 11.5 Å². The minimum absolute atomic E-state index is 0.264. The number of rotatable bonds is 3. The molecule has 1 saturated carbocycles. The molecule has 7 heteroatoms. The van der Waals surface area contributed by atoms with E-state index in [1.165, 1.54) is 18.7 Å². The van der Waals surface area contributed by atoms with Gasteiger partial charge in [0.1, 0.15) is 5.82 Å². The largest absolute Gasteiger partial charge is 0.448 e. The molecule has 25 heavy (non-hydrogen) atoms. The van der Waals surface area contributed by atoms with E-state index in [0.29, 0.717) is 10.8 Å². The SMILES string of the molecule is NC(=O)c1cnc(Nc2ccc3c(c2)OC2(CCCCC2)O3)c(Cl)c1. The van der Waals surface area contributed by atoms with Crippen LogP contribution in [0.1, 0.15) is 42.5 Å². The number of nitrogens with one attached hydrogen (secondary N) is 1. The van der Waals surface area contributed by atoms with Gasteiger partial charge in [-0.2, -0.15) is 0 Å². The molecule has 130 valence electrons. The molecule has 1 amide bonds. The van der Waals surface area contributed by atoms with Gasteiger partial charge in [-0.25, -0.2) is 4.98 Å². The van der Waals surface area contributed by atoms with Gasteiger partial charge in [-0.1, -0.05) is 18.0 Å². The molecule has 2 aromatic rings. The summed E-state index contributed by atoms with van der Waals surface area (Å²) in [6.45, 7) is 0. The van der Waals surface area contributed by atoms with E-state index < -0.39 is 11.7 Å². The number of hydrogen-bond acceptors (Lipinski definition) is 5. The second-order valence-electron chi connectivity index (χ2n) is 6.38. The quantitative estimate of drug-likeness (QED) is 0.864. The maximum absolute atomic E-state index is 11.2. The standard InChI is InChI=1S/C18H18ClN3O3/c19-13-8-11(16(20)23)10-21-17(13)22-12-4-5-14-15(9-12)25-18(24-14)6-2-1-3-7-18/h4-5,8-10H,1-3,6-7H2,(H2,20,23)(H,21,22). The molecule has 4 rings (SSSR count). The van der Waals surface area contributed by atoms with Crippen LogP contribution in [0.2, 0.25) is 5.02 Å². The van der Waals surface area contributed by atoms with Crippen molar-refractivity contribution < 1.29 is 14.3 Å². The van der Waals surface area contributed by atoms with Crippen LogP contribution in [0.15, 0.2) is 30.5 Å². The van der Waals surface area contributed by atoms with E-state index in [4.69, 9.17) is 26.8 Å². The summed E-state index contributed by atoms with van der Waals surface area (Å²) in [7, 11) is 0. The van der Waals surface area contributed by atoms with Crippen LogP contribution in [-0.4, -0.2) is 16.7 Å². The van der Waals surface area contributed by atoms with E-state index in [1.54, 1.807) is 0 Å². The number of aromatic nitrogens is 1. The molecule has 6 nitrogen and oxygen atoms in total. The number of carbonyl (C=O) groups is 1. The Morgan fingerprint density at radius 2 is 1.92 bits per heavy atom. The molecule has 1 aliphatic heterocycles. The smallest absolute Gasteiger partial charge is 0.251 e. The highest BCUT2D eigenvalue weighted by Gasteiger charge is 2.42. The van der Waals surface area contributed by atoms with Crippen molar-refractivity contribution >= 4 is 29.0 Å². The Balaban J connectivity index is 1.54. The number of nitrogens with zero attached hydrogens (tertiary/aromatic N) is 1. The first kappa shape index (κ1) is 16.0. The highest BCUT2D eigenvalue weighted by atomic mass is 35.5. The number of amides is 1. The first-order valence-electron chi connectivity index (χ1n) is 8.29. The molecule has 0 saturated heterocycles. The number of primary amides is 1. The van der Waals surface area contributed by atoms with Crippen LogP contribution in [0, 0.1) is 0 Å². The highest BCUT2D eigenvalue weighted by Crippen LogP contribution is 2.46. The van der Waals surface area contributed by atoms with Crippen LogP contribution in [0.25, 0.3) is 0 Å². The molecular formula is C18H18ClN3O3. The fraction of sp³-hybridized carbons (Fsp3) is 0.333. The van der Waals surface area contributed by atoms with E-state index >= 15 is 0 Å². The monoisotopic (exact) mass is 359 g/mol. The highest BCUT2D eigenvalue weighted by molar-refractivity contribution is 6.33. The lowest BCUT2D eigenvalue weighted by Crippen LogP contribution is -2.40. The Morgan fingerprint density at radius 3 is 2.64 bits per heavy atom. The third-order valence-electron chi connectivity index (χ3n) is 4.54. The van der Waals surface area contributed by atoms with E-state index in [2.05, 4.69) is 10.3 Å². The summed E-state index contributed by atoms with van der Waals surface area (Å²) < 4.78 is 12.2. The van der Waals surface area contributed by atoms with Gasteiger partial charge in [0.05, 0.1) is 10.6 Å². The maximum Gasteiger partial charge on any atom is 0.251 e. The predicted octanol–water partition coefficient (Wildman–Crippen LogP) is 4.01. The fourth-order valence-electron chi connectivity index (χ4n) is 3.27. The third-order valence-corrected chi connectivity index (χ3v) is 4.83. The average molecular weight is 360 g/mol. The molecule has 2 heterocycles. The third kappa shape index (κ3) is 3.09. The van der Waals surface area contributed by atoms with Crippen LogP contribution < -0.4 is 20.5 Å². The van der Waals surface area contributed by atoms with Crippen LogP contribution in [-0.2, 0) is 0 Å². The van der Waals surface area contributed by atoms with Crippen LogP contribution in [0.3, 0.4) is 0 Å². The molecule has 0 unspecified atom stereocenters. The van der Waals surface area contributed by atoms with Crippen LogP contribution in [0.5, 0.6) is 11.5 Å². The first-order valence-corrected chi connectivity index (χ1v) is 8.67. The van der Waals surface area contributed by atoms with Gasteiger partial charge in [0.15, 0.2) is 11.5 Å². The number of hydrogen-bond donors (Lipinski definition) is 2. The Hall–Kier alpha value is -2.47. The average Bonchev–Trinajstić information content (AvgIpc) is 2.93. The Bertz CT molecular complexity index is 834. The molecule has 1 aliphatic carbocycles. The summed E-state index contributed by atoms with van der Waals surface area (Å²) >= 11 is 6.17. The van der Waals surface area contributed by atoms with Crippen molar-refractivity contribution in [1.82, 2.24) is 4.98 Å². The van der Waals surface area contributed by atoms with Gasteiger partial charge in [-0.15, -0.1) is 0 Å². The van der Waals surface area contributed by atoms with Crippen molar-refractivity contribution in [2.75, 3.05) is 5.32 Å². The van der Waals surface area contributed by atoms with Crippen LogP contribution >= 0.6 is 11.6 Å². The minimum atomic E-state index is -0.568. The summed E-state index contributed by atoms with van der Waals surface area (Å²) in [6.07, 6.45) is 6.66. The zero-order chi connectivity index (χ0) is 17.4. The molecule has 0 radical (unpaired) electrons. The number of anilines is 2. The number of fused-ring (bicyclic) bond motifs is 1. The summed E-state index contributed by atoms with van der Waals surface area (Å²) in [5, 5.41) is 3.45. The second-order valence-corrected chi connectivity index (χ2v) is 6.79. The normalized spacial score (nSPS) is 17.5. The van der Waals surface area contributed by atoms with Crippen molar-refractivity contribution in [2.45, 2.75) is 37.9 Å². The van der Waals surface area contributed by atoms with Gasteiger partial charge in [0.2, 0.25) is 5.91 Å². The predicted molar refractivity (Wildman–Crippen MR) is 94.6 cm³/mol. The van der Waals surface area contributed by atoms with E-state index in [1.807, 2.05) is 18.2 Å². The second kappa shape index (κ2) is 6.11. The number of ether oxygens (including phenoxy) is 2. The molecule has 1 aromatic carbocycles. The summed E-state index contributed by atoms with van der Waals surface area (Å²) in [6, 6.07) is 7.12. The molecule has 0 bridgehead atoms. The molecular weight excluding hydrogens is 342 g/mol. The van der Waals surface area contributed by atoms with Gasteiger partial charge in [0, 0.05) is 30.8 Å². The van der Waals surface area contributed by atoms with Crippen molar-refractivity contribution in [1.29, 1.82) is 0 Å². The molecule has 1 aromatic heterocycles. The van der Waals surface area contributed by atoms with Crippen LogP contribution in [0.4, 0.5) is 11.5 Å². The van der Waals surface area contributed by atoms with Gasteiger partial charge >= 0.3 is 0 Å². The number of carbonyl (C=O) groups excluding carboxylic acids is 1. The van der Waals surface area contributed by atoms with Gasteiger partial charge in [-0.3, -0.25) is 4.79 Å². The summed E-state index contributed by atoms with van der Waals surface area (Å²) in [4.78, 5) is 15.3. The maximum atomic E-state index is 11.2. The lowest BCUT2D eigenvalue weighted by molar-refractivity contribution is -0.105. The Labute approximate surface area is 150 Å². The number of pyridine rings is 1. The summed E-state index contributed by atoms with van der Waals surface area (Å²) in [5.41, 5.74) is 6.27. The van der Waals surface area contributed by atoms with Gasteiger partial charge in [-0.05, 0) is 31.0 Å². The number of benzene rings is 1. The number of halogens is 1. The van der Waals surface area contributed by atoms with Gasteiger partial charge < -0.3 is 20.5 Å². The number of nitrogens with two attached hydrogens (primary N) is 1. The fourth-order valence-corrected chi connectivity index (χ4v) is 3.48. The molecule has 1 fully saturated rings. The van der Waals surface area contributed by atoms with Crippen molar-refractivity contribution in [3.63, 3.8) is 0 Å². The molecule has 0 atom stereocenters. The lowest BCUT2D eigenvalue weighted by Gasteiger charge is -2.31. The Kier molecular flexibility index (Phi) is 3.92. The molecule has 2 aliphatic rings. The minimum Gasteiger partial charge on any atom is -0.448 e. The Morgan fingerprint density at radius 1 is 1.16 bits per heavy atom. The zero-order valence-corrected chi connectivity index (χ0v) is 14.3. The van der Waals surface area contributed by atoms with E-state index in [9.17, 15) is 4.79 Å². The van der Waals surface area contributed by atoms with E-state index in [-0.39, 0.29) is 5.56 Å². The zero-order valence-electron chi connectivity index (χ0n) is 13.5. The van der Waals surface area contributed by atoms with Crippen molar-refractivity contribution in [2.24, 2.45) is 5.73 Å². The summed E-state index contributed by atoms with van der Waals surface area (Å²) in [5.74, 6) is 0.852. The first-order chi connectivity index (χ1) is 12.0. The molecule has 1 spiro atoms. The lowest BCUT2D eigenvalue weighted by atomic mass is 9.94.